The molecule has 1 aliphatic heterocycles. The maximum atomic E-state index is 12.5. The number of anilines is 1. The number of nitrogen functional groups attached to an aromatic ring is 1. The molecule has 23 heavy (non-hydrogen) atoms. The average molecular weight is 340 g/mol. The summed E-state index contributed by atoms with van der Waals surface area (Å²) < 4.78 is 28.3. The summed E-state index contributed by atoms with van der Waals surface area (Å²) in [6, 6.07) is 6.84. The summed E-state index contributed by atoms with van der Waals surface area (Å²) in [7, 11) is -3.46. The Kier molecular flexibility index (Phi) is 5.97. The molecule has 8 heteroatoms. The van der Waals surface area contributed by atoms with E-state index in [1.165, 1.54) is 4.31 Å². The van der Waals surface area contributed by atoms with Crippen molar-refractivity contribution in [2.45, 2.75) is 19.8 Å². The third-order valence-corrected chi connectivity index (χ3v) is 5.36. The first kappa shape index (κ1) is 17.7. The average Bonchev–Trinajstić information content (AvgIpc) is 2.79. The van der Waals surface area contributed by atoms with Crippen LogP contribution in [0, 0.1) is 0 Å². The first-order valence-electron chi connectivity index (χ1n) is 7.83. The highest BCUT2D eigenvalue weighted by atomic mass is 32.2. The minimum atomic E-state index is -3.46. The summed E-state index contributed by atoms with van der Waals surface area (Å²) in [5.41, 5.74) is 6.79. The fraction of sp³-hybridized carbons (Fsp3) is 0.533. The predicted octanol–water partition coefficient (Wildman–Crippen LogP) is 0.661. The van der Waals surface area contributed by atoms with Gasteiger partial charge in [-0.15, -0.1) is 0 Å². The molecule has 1 aliphatic rings. The number of carbonyl (C=O) groups is 1. The number of amides is 1. The molecule has 0 atom stereocenters. The van der Waals surface area contributed by atoms with Gasteiger partial charge in [0, 0.05) is 44.0 Å². The van der Waals surface area contributed by atoms with Crippen molar-refractivity contribution in [3.63, 3.8) is 0 Å². The first-order valence-corrected chi connectivity index (χ1v) is 9.27. The highest BCUT2D eigenvalue weighted by Gasteiger charge is 2.26. The third-order valence-electron chi connectivity index (χ3n) is 3.75. The Morgan fingerprint density at radius 1 is 1.26 bits per heavy atom. The van der Waals surface area contributed by atoms with Crippen LogP contribution in [0.5, 0.6) is 0 Å². The zero-order chi connectivity index (χ0) is 16.9. The van der Waals surface area contributed by atoms with E-state index < -0.39 is 10.2 Å². The van der Waals surface area contributed by atoms with Gasteiger partial charge in [0.25, 0.3) is 16.1 Å². The van der Waals surface area contributed by atoms with Gasteiger partial charge in [-0.1, -0.05) is 13.0 Å². The molecule has 0 aliphatic carbocycles. The molecule has 2 rings (SSSR count). The number of nitrogens with zero attached hydrogens (tertiary/aromatic N) is 2. The minimum Gasteiger partial charge on any atom is -0.399 e. The number of rotatable bonds is 5. The van der Waals surface area contributed by atoms with Crippen LogP contribution < -0.4 is 10.5 Å². The summed E-state index contributed by atoms with van der Waals surface area (Å²) in [6.07, 6.45) is 1.36. The lowest BCUT2D eigenvalue weighted by molar-refractivity contribution is 0.0764. The Labute approximate surface area is 137 Å². The van der Waals surface area contributed by atoms with Crippen LogP contribution in [0.4, 0.5) is 5.69 Å². The predicted molar refractivity (Wildman–Crippen MR) is 90.2 cm³/mol. The molecule has 1 amide bonds. The number of benzene rings is 1. The maximum Gasteiger partial charge on any atom is 0.279 e. The van der Waals surface area contributed by atoms with Gasteiger partial charge in [0.15, 0.2) is 0 Å². The molecule has 0 radical (unpaired) electrons. The largest absolute Gasteiger partial charge is 0.399 e. The molecular formula is C15H24N4O3S. The molecule has 128 valence electrons. The Balaban J connectivity index is 2.02. The number of nitrogens with one attached hydrogen (secondary N) is 1. The van der Waals surface area contributed by atoms with Crippen molar-refractivity contribution in [1.29, 1.82) is 0 Å². The molecule has 0 aromatic heterocycles. The number of nitrogens with two attached hydrogens (primary N) is 1. The van der Waals surface area contributed by atoms with Crippen molar-refractivity contribution < 1.29 is 13.2 Å². The van der Waals surface area contributed by atoms with E-state index in [-0.39, 0.29) is 5.91 Å². The number of carbonyl (C=O) groups excluding carboxylic acids is 1. The molecule has 1 aromatic carbocycles. The standard InChI is InChI=1S/C15H24N4O3S/c1-2-7-17-23(21,22)19-9-4-8-18(10-11-19)15(20)13-5-3-6-14(16)12-13/h3,5-6,12,17H,2,4,7-11,16H2,1H3. The Morgan fingerprint density at radius 2 is 2.04 bits per heavy atom. The van der Waals surface area contributed by atoms with E-state index in [2.05, 4.69) is 4.72 Å². The molecule has 0 bridgehead atoms. The van der Waals surface area contributed by atoms with Crippen molar-refractivity contribution in [1.82, 2.24) is 13.9 Å². The van der Waals surface area contributed by atoms with Gasteiger partial charge in [0.2, 0.25) is 0 Å². The summed E-state index contributed by atoms with van der Waals surface area (Å²) in [4.78, 5) is 14.2. The molecule has 0 saturated carbocycles. The molecule has 3 N–H and O–H groups in total. The summed E-state index contributed by atoms with van der Waals surface area (Å²) in [5.74, 6) is -0.113. The number of hydrogen-bond acceptors (Lipinski definition) is 4. The molecule has 1 saturated heterocycles. The topological polar surface area (TPSA) is 95.7 Å². The Morgan fingerprint density at radius 3 is 2.74 bits per heavy atom. The monoisotopic (exact) mass is 340 g/mol. The van der Waals surface area contributed by atoms with Crippen molar-refractivity contribution in [2.75, 3.05) is 38.5 Å². The summed E-state index contributed by atoms with van der Waals surface area (Å²) in [6.45, 7) is 3.96. The normalized spacial score (nSPS) is 17.0. The lowest BCUT2D eigenvalue weighted by atomic mass is 10.1. The second-order valence-corrected chi connectivity index (χ2v) is 7.32. The second kappa shape index (κ2) is 7.76. The zero-order valence-corrected chi connectivity index (χ0v) is 14.2. The van der Waals surface area contributed by atoms with Gasteiger partial charge < -0.3 is 10.6 Å². The maximum absolute atomic E-state index is 12.5. The smallest absolute Gasteiger partial charge is 0.279 e. The first-order chi connectivity index (χ1) is 10.9. The minimum absolute atomic E-state index is 0.113. The van der Waals surface area contributed by atoms with Crippen molar-refractivity contribution in [2.24, 2.45) is 0 Å². The SMILES string of the molecule is CCCNS(=O)(=O)N1CCCN(C(=O)c2cccc(N)c2)CC1. The lowest BCUT2D eigenvalue weighted by Crippen LogP contribution is -2.43. The lowest BCUT2D eigenvalue weighted by Gasteiger charge is -2.22. The summed E-state index contributed by atoms with van der Waals surface area (Å²) >= 11 is 0. The summed E-state index contributed by atoms with van der Waals surface area (Å²) in [5, 5.41) is 0. The van der Waals surface area contributed by atoms with Crippen molar-refractivity contribution in [3.8, 4) is 0 Å². The third kappa shape index (κ3) is 4.66. The molecule has 1 aromatic rings. The molecule has 1 fully saturated rings. The molecule has 0 unspecified atom stereocenters. The van der Waals surface area contributed by atoms with Gasteiger partial charge in [-0.25, -0.2) is 4.72 Å². The van der Waals surface area contributed by atoms with Crippen LogP contribution in [0.1, 0.15) is 30.1 Å². The van der Waals surface area contributed by atoms with Crippen LogP contribution in [0.15, 0.2) is 24.3 Å². The van der Waals surface area contributed by atoms with E-state index >= 15 is 0 Å². The van der Waals surface area contributed by atoms with Crippen molar-refractivity contribution in [3.05, 3.63) is 29.8 Å². The zero-order valence-electron chi connectivity index (χ0n) is 13.4. The van der Waals surface area contributed by atoms with Crippen molar-refractivity contribution >= 4 is 21.8 Å². The van der Waals surface area contributed by atoms with Crippen LogP contribution >= 0.6 is 0 Å². The molecular weight excluding hydrogens is 316 g/mol. The highest BCUT2D eigenvalue weighted by Crippen LogP contribution is 2.13. The van der Waals surface area contributed by atoms with E-state index in [4.69, 9.17) is 5.73 Å². The van der Waals surface area contributed by atoms with Crippen LogP contribution in [0.25, 0.3) is 0 Å². The molecule has 7 nitrogen and oxygen atoms in total. The van der Waals surface area contributed by atoms with E-state index in [0.29, 0.717) is 50.4 Å². The fourth-order valence-corrected chi connectivity index (χ4v) is 3.85. The van der Waals surface area contributed by atoms with Gasteiger partial charge in [0.1, 0.15) is 0 Å². The second-order valence-electron chi connectivity index (χ2n) is 5.57. The van der Waals surface area contributed by atoms with Gasteiger partial charge >= 0.3 is 0 Å². The van der Waals surface area contributed by atoms with Gasteiger partial charge in [0.05, 0.1) is 0 Å². The van der Waals surface area contributed by atoms with E-state index in [0.717, 1.165) is 6.42 Å². The Bertz CT molecular complexity index is 648. The van der Waals surface area contributed by atoms with Gasteiger partial charge in [-0.2, -0.15) is 12.7 Å². The van der Waals surface area contributed by atoms with Gasteiger partial charge in [-0.05, 0) is 31.0 Å². The van der Waals surface area contributed by atoms with Crippen LogP contribution in [0.3, 0.4) is 0 Å². The van der Waals surface area contributed by atoms with Crippen LogP contribution in [-0.4, -0.2) is 56.3 Å². The molecule has 0 spiro atoms. The Hall–Kier alpha value is -1.64. The van der Waals surface area contributed by atoms with E-state index in [1.54, 1.807) is 29.2 Å². The quantitative estimate of drug-likeness (QED) is 0.770. The van der Waals surface area contributed by atoms with Crippen LogP contribution in [-0.2, 0) is 10.2 Å². The van der Waals surface area contributed by atoms with Gasteiger partial charge in [-0.3, -0.25) is 4.79 Å². The highest BCUT2D eigenvalue weighted by molar-refractivity contribution is 7.87. The fourth-order valence-electron chi connectivity index (χ4n) is 2.51. The number of hydrogen-bond donors (Lipinski definition) is 2. The molecule has 1 heterocycles. The van der Waals surface area contributed by atoms with E-state index in [1.807, 2.05) is 6.92 Å². The van der Waals surface area contributed by atoms with Crippen LogP contribution in [0.2, 0.25) is 0 Å². The van der Waals surface area contributed by atoms with E-state index in [9.17, 15) is 13.2 Å².